The molecule has 18 heavy (non-hydrogen) atoms. The number of hydrogen-bond donors (Lipinski definition) is 1. The van der Waals surface area contributed by atoms with E-state index in [0.717, 1.165) is 4.68 Å². The first-order chi connectivity index (χ1) is 8.60. The van der Waals surface area contributed by atoms with Crippen molar-refractivity contribution >= 4 is 23.3 Å². The Morgan fingerprint density at radius 2 is 2.44 bits per heavy atom. The first-order valence-corrected chi connectivity index (χ1v) is 5.47. The fourth-order valence-electron chi connectivity index (χ4n) is 1.16. The van der Waals surface area contributed by atoms with Crippen molar-refractivity contribution < 1.29 is 9.53 Å². The minimum absolute atomic E-state index is 0.0362. The summed E-state index contributed by atoms with van der Waals surface area (Å²) in [5.74, 6) is 1.87. The molecule has 0 saturated heterocycles. The van der Waals surface area contributed by atoms with Gasteiger partial charge in [-0.3, -0.25) is 9.59 Å². The molecular weight excluding hydrogens is 258 g/mol. The molecule has 1 heterocycles. The van der Waals surface area contributed by atoms with E-state index in [1.807, 2.05) is 0 Å². The average Bonchev–Trinajstić information content (AvgIpc) is 2.37. The molecule has 0 amide bonds. The van der Waals surface area contributed by atoms with E-state index in [-0.39, 0.29) is 11.6 Å². The van der Waals surface area contributed by atoms with Gasteiger partial charge < -0.3 is 10.1 Å². The number of terminal acetylenes is 1. The van der Waals surface area contributed by atoms with E-state index in [9.17, 15) is 9.59 Å². The molecule has 0 aromatic carbocycles. The Labute approximate surface area is 109 Å². The summed E-state index contributed by atoms with van der Waals surface area (Å²) in [4.78, 5) is 22.8. The summed E-state index contributed by atoms with van der Waals surface area (Å²) in [6.07, 6.45) is 6.96. The largest absolute Gasteiger partial charge is 0.468 e. The highest BCUT2D eigenvalue weighted by Crippen LogP contribution is 2.14. The molecule has 96 valence electrons. The molecule has 0 saturated carbocycles. The van der Waals surface area contributed by atoms with Crippen LogP contribution >= 0.6 is 11.6 Å². The lowest BCUT2D eigenvalue weighted by Gasteiger charge is -2.08. The third kappa shape index (κ3) is 3.50. The molecule has 0 atom stereocenters. The van der Waals surface area contributed by atoms with Crippen LogP contribution in [0.2, 0.25) is 5.02 Å². The van der Waals surface area contributed by atoms with Crippen LogP contribution in [0.3, 0.4) is 0 Å². The normalized spacial score (nSPS) is 9.61. The molecule has 7 heteroatoms. The molecule has 0 unspecified atom stereocenters. The topological polar surface area (TPSA) is 73.2 Å². The van der Waals surface area contributed by atoms with Crippen molar-refractivity contribution in [1.82, 2.24) is 9.78 Å². The zero-order valence-electron chi connectivity index (χ0n) is 9.77. The highest BCUT2D eigenvalue weighted by Gasteiger charge is 2.11. The van der Waals surface area contributed by atoms with Crippen molar-refractivity contribution in [3.63, 3.8) is 0 Å². The van der Waals surface area contributed by atoms with Crippen LogP contribution in [-0.4, -0.2) is 29.4 Å². The first-order valence-electron chi connectivity index (χ1n) is 5.10. The SMILES string of the molecule is C#CCCNc1cnn(CC(=O)OC)c(=O)c1Cl. The molecule has 0 spiro atoms. The zero-order valence-corrected chi connectivity index (χ0v) is 10.5. The van der Waals surface area contributed by atoms with Gasteiger partial charge in [-0.15, -0.1) is 12.3 Å². The van der Waals surface area contributed by atoms with E-state index in [4.69, 9.17) is 18.0 Å². The number of aromatic nitrogens is 2. The Balaban J connectivity index is 2.88. The molecule has 1 aromatic rings. The number of ether oxygens (including phenoxy) is 1. The van der Waals surface area contributed by atoms with E-state index in [1.165, 1.54) is 13.3 Å². The Hall–Kier alpha value is -2.00. The predicted molar refractivity (Wildman–Crippen MR) is 67.5 cm³/mol. The smallest absolute Gasteiger partial charge is 0.327 e. The fourth-order valence-corrected chi connectivity index (χ4v) is 1.37. The third-order valence-electron chi connectivity index (χ3n) is 2.08. The lowest BCUT2D eigenvalue weighted by atomic mass is 10.4. The van der Waals surface area contributed by atoms with Crippen molar-refractivity contribution in [1.29, 1.82) is 0 Å². The average molecular weight is 270 g/mol. The molecule has 0 bridgehead atoms. The maximum Gasteiger partial charge on any atom is 0.327 e. The highest BCUT2D eigenvalue weighted by molar-refractivity contribution is 6.32. The van der Waals surface area contributed by atoms with Crippen LogP contribution in [0.15, 0.2) is 11.0 Å². The van der Waals surface area contributed by atoms with Gasteiger partial charge in [-0.1, -0.05) is 11.6 Å². The number of nitrogens with one attached hydrogen (secondary N) is 1. The molecular formula is C11H12ClN3O3. The van der Waals surface area contributed by atoms with Gasteiger partial charge in [-0.2, -0.15) is 5.10 Å². The molecule has 6 nitrogen and oxygen atoms in total. The second-order valence-electron chi connectivity index (χ2n) is 3.29. The van der Waals surface area contributed by atoms with E-state index >= 15 is 0 Å². The van der Waals surface area contributed by atoms with E-state index in [0.29, 0.717) is 18.7 Å². The Bertz CT molecular complexity index is 533. The van der Waals surface area contributed by atoms with Crippen LogP contribution in [0.1, 0.15) is 6.42 Å². The summed E-state index contributed by atoms with van der Waals surface area (Å²) in [5, 5.41) is 6.66. The Morgan fingerprint density at radius 3 is 3.06 bits per heavy atom. The molecule has 0 aliphatic carbocycles. The monoisotopic (exact) mass is 269 g/mol. The maximum atomic E-state index is 11.8. The number of nitrogens with zero attached hydrogens (tertiary/aromatic N) is 2. The lowest BCUT2D eigenvalue weighted by molar-refractivity contribution is -0.141. The number of halogens is 1. The summed E-state index contributed by atoms with van der Waals surface area (Å²) in [6.45, 7) is 0.206. The van der Waals surface area contributed by atoms with Gasteiger partial charge in [0.25, 0.3) is 5.56 Å². The molecule has 0 aliphatic rings. The summed E-state index contributed by atoms with van der Waals surface area (Å²) < 4.78 is 5.37. The van der Waals surface area contributed by atoms with Gasteiger partial charge >= 0.3 is 5.97 Å². The summed E-state index contributed by atoms with van der Waals surface area (Å²) in [6, 6.07) is 0. The van der Waals surface area contributed by atoms with Gasteiger partial charge in [0.15, 0.2) is 0 Å². The second kappa shape index (κ2) is 6.67. The van der Waals surface area contributed by atoms with E-state index < -0.39 is 11.5 Å². The Morgan fingerprint density at radius 1 is 1.72 bits per heavy atom. The van der Waals surface area contributed by atoms with Crippen molar-refractivity contribution in [2.24, 2.45) is 0 Å². The molecule has 0 aliphatic heterocycles. The minimum atomic E-state index is -0.575. The number of methoxy groups -OCH3 is 1. The Kier molecular flexibility index (Phi) is 5.21. The van der Waals surface area contributed by atoms with Gasteiger partial charge in [0.2, 0.25) is 0 Å². The van der Waals surface area contributed by atoms with Crippen LogP contribution in [0.25, 0.3) is 0 Å². The fraction of sp³-hybridized carbons (Fsp3) is 0.364. The third-order valence-corrected chi connectivity index (χ3v) is 2.44. The van der Waals surface area contributed by atoms with Gasteiger partial charge in [0, 0.05) is 13.0 Å². The van der Waals surface area contributed by atoms with Crippen LogP contribution in [0, 0.1) is 12.3 Å². The minimum Gasteiger partial charge on any atom is -0.468 e. The van der Waals surface area contributed by atoms with Gasteiger partial charge in [0.1, 0.15) is 11.6 Å². The maximum absolute atomic E-state index is 11.8. The number of esters is 1. The van der Waals surface area contributed by atoms with Crippen molar-refractivity contribution in [3.05, 3.63) is 21.6 Å². The first kappa shape index (κ1) is 14.1. The molecule has 1 aromatic heterocycles. The summed E-state index contributed by atoms with van der Waals surface area (Å²) in [5.41, 5.74) is -0.175. The summed E-state index contributed by atoms with van der Waals surface area (Å²) in [7, 11) is 1.23. The summed E-state index contributed by atoms with van der Waals surface area (Å²) >= 11 is 5.86. The van der Waals surface area contributed by atoms with Crippen LogP contribution < -0.4 is 10.9 Å². The van der Waals surface area contributed by atoms with Crippen LogP contribution in [0.4, 0.5) is 5.69 Å². The van der Waals surface area contributed by atoms with Gasteiger partial charge in [-0.05, 0) is 0 Å². The van der Waals surface area contributed by atoms with Crippen molar-refractivity contribution in [2.75, 3.05) is 19.0 Å². The standard InChI is InChI=1S/C11H12ClN3O3/c1-3-4-5-13-8-6-14-15(7-9(16)18-2)11(17)10(8)12/h1,6,13H,4-5,7H2,2H3. The molecule has 1 rings (SSSR count). The van der Waals surface area contributed by atoms with Gasteiger partial charge in [0.05, 0.1) is 19.0 Å². The van der Waals surface area contributed by atoms with Crippen molar-refractivity contribution in [3.8, 4) is 12.3 Å². The number of anilines is 1. The highest BCUT2D eigenvalue weighted by atomic mass is 35.5. The number of hydrogen-bond acceptors (Lipinski definition) is 5. The van der Waals surface area contributed by atoms with Gasteiger partial charge in [-0.25, -0.2) is 4.68 Å². The molecule has 1 N–H and O–H groups in total. The zero-order chi connectivity index (χ0) is 13.5. The second-order valence-corrected chi connectivity index (χ2v) is 3.67. The lowest BCUT2D eigenvalue weighted by Crippen LogP contribution is -2.28. The van der Waals surface area contributed by atoms with E-state index in [1.54, 1.807) is 0 Å². The van der Waals surface area contributed by atoms with Crippen LogP contribution in [-0.2, 0) is 16.1 Å². The molecule has 0 radical (unpaired) electrons. The van der Waals surface area contributed by atoms with E-state index in [2.05, 4.69) is 21.1 Å². The predicted octanol–water partition coefficient (Wildman–Crippen LogP) is 0.505. The quantitative estimate of drug-likeness (QED) is 0.479. The number of carbonyl (C=O) groups excluding carboxylic acids is 1. The number of carbonyl (C=O) groups is 1. The molecule has 0 fully saturated rings. The number of rotatable bonds is 5. The van der Waals surface area contributed by atoms with Crippen molar-refractivity contribution in [2.45, 2.75) is 13.0 Å². The van der Waals surface area contributed by atoms with Crippen LogP contribution in [0.5, 0.6) is 0 Å².